The summed E-state index contributed by atoms with van der Waals surface area (Å²) in [6.45, 7) is 4.00. The Labute approximate surface area is 131 Å². The van der Waals surface area contributed by atoms with Crippen molar-refractivity contribution < 1.29 is 19.4 Å². The summed E-state index contributed by atoms with van der Waals surface area (Å²) in [5, 5.41) is 15.3. The van der Waals surface area contributed by atoms with E-state index in [1.54, 1.807) is 0 Å². The van der Waals surface area contributed by atoms with Crippen LogP contribution in [0.1, 0.15) is 32.1 Å². The van der Waals surface area contributed by atoms with Crippen molar-refractivity contribution in [1.82, 2.24) is 10.6 Å². The van der Waals surface area contributed by atoms with Crippen LogP contribution in [0.4, 0.5) is 4.79 Å². The fourth-order valence-corrected chi connectivity index (χ4v) is 3.84. The zero-order valence-electron chi connectivity index (χ0n) is 13.2. The van der Waals surface area contributed by atoms with E-state index in [0.717, 1.165) is 52.1 Å². The normalized spacial score (nSPS) is 32.9. The van der Waals surface area contributed by atoms with Crippen molar-refractivity contribution in [2.24, 2.45) is 17.3 Å². The summed E-state index contributed by atoms with van der Waals surface area (Å²) in [4.78, 5) is 12.0. The summed E-state index contributed by atoms with van der Waals surface area (Å²) in [5.41, 5.74) is 0.353. The van der Waals surface area contributed by atoms with Gasteiger partial charge < -0.3 is 25.2 Å². The Morgan fingerprint density at radius 3 is 2.77 bits per heavy atom. The Bertz CT molecular complexity index is 378. The lowest BCUT2D eigenvalue weighted by molar-refractivity contribution is 0.0580. The van der Waals surface area contributed by atoms with Crippen molar-refractivity contribution in [3.8, 4) is 0 Å². The van der Waals surface area contributed by atoms with Gasteiger partial charge in [0.1, 0.15) is 0 Å². The van der Waals surface area contributed by atoms with Crippen molar-refractivity contribution in [2.45, 2.75) is 38.1 Å². The van der Waals surface area contributed by atoms with Crippen molar-refractivity contribution in [3.05, 3.63) is 0 Å². The molecule has 3 unspecified atom stereocenters. The minimum atomic E-state index is -0.161. The van der Waals surface area contributed by atoms with Gasteiger partial charge in [0.25, 0.3) is 0 Å². The van der Waals surface area contributed by atoms with Gasteiger partial charge in [-0.3, -0.25) is 0 Å². The molecule has 126 valence electrons. The Morgan fingerprint density at radius 2 is 2.09 bits per heavy atom. The quantitative estimate of drug-likeness (QED) is 0.680. The molecule has 2 amide bonds. The SMILES string of the molecule is O=C(NCC1CC12CCOC2)NC(CO)CC1CCOCC1. The number of amides is 2. The molecule has 1 aliphatic carbocycles. The van der Waals surface area contributed by atoms with E-state index in [-0.39, 0.29) is 18.7 Å². The molecule has 3 fully saturated rings. The first kappa shape index (κ1) is 16.0. The third-order valence-electron chi connectivity index (χ3n) is 5.52. The molecule has 3 N–H and O–H groups in total. The molecule has 6 nitrogen and oxygen atoms in total. The van der Waals surface area contributed by atoms with Gasteiger partial charge in [0, 0.05) is 31.8 Å². The Morgan fingerprint density at radius 1 is 1.27 bits per heavy atom. The Kier molecular flexibility index (Phi) is 5.21. The number of aliphatic hydroxyl groups excluding tert-OH is 1. The van der Waals surface area contributed by atoms with Crippen molar-refractivity contribution in [1.29, 1.82) is 0 Å². The van der Waals surface area contributed by atoms with Crippen LogP contribution in [-0.2, 0) is 9.47 Å². The largest absolute Gasteiger partial charge is 0.394 e. The molecule has 3 rings (SSSR count). The van der Waals surface area contributed by atoms with E-state index >= 15 is 0 Å². The fourth-order valence-electron chi connectivity index (χ4n) is 3.84. The van der Waals surface area contributed by atoms with E-state index in [1.807, 2.05) is 0 Å². The number of rotatable bonds is 6. The molecule has 6 heteroatoms. The first-order valence-electron chi connectivity index (χ1n) is 8.52. The lowest BCUT2D eigenvalue weighted by atomic mass is 9.93. The van der Waals surface area contributed by atoms with Gasteiger partial charge in [-0.05, 0) is 43.9 Å². The maximum Gasteiger partial charge on any atom is 0.315 e. The number of nitrogens with one attached hydrogen (secondary N) is 2. The molecular formula is C16H28N2O4. The average Bonchev–Trinajstić information content (AvgIpc) is 2.99. The summed E-state index contributed by atoms with van der Waals surface area (Å²) in [6, 6.07) is -0.321. The number of ether oxygens (including phenoxy) is 2. The maximum absolute atomic E-state index is 12.0. The van der Waals surface area contributed by atoms with E-state index in [9.17, 15) is 9.90 Å². The second-order valence-electron chi connectivity index (χ2n) is 7.09. The molecule has 0 aromatic carbocycles. The smallest absolute Gasteiger partial charge is 0.315 e. The van der Waals surface area contributed by atoms with Crippen LogP contribution in [0.25, 0.3) is 0 Å². The summed E-state index contributed by atoms with van der Waals surface area (Å²) in [6.07, 6.45) is 5.16. The van der Waals surface area contributed by atoms with E-state index in [0.29, 0.717) is 23.8 Å². The summed E-state index contributed by atoms with van der Waals surface area (Å²) in [7, 11) is 0. The number of urea groups is 1. The summed E-state index contributed by atoms with van der Waals surface area (Å²) in [5.74, 6) is 1.09. The van der Waals surface area contributed by atoms with Crippen LogP contribution >= 0.6 is 0 Å². The third kappa shape index (κ3) is 3.91. The van der Waals surface area contributed by atoms with Crippen molar-refractivity contribution in [2.75, 3.05) is 39.6 Å². The van der Waals surface area contributed by atoms with Gasteiger partial charge in [-0.2, -0.15) is 0 Å². The van der Waals surface area contributed by atoms with Crippen LogP contribution in [0.3, 0.4) is 0 Å². The van der Waals surface area contributed by atoms with Gasteiger partial charge in [-0.15, -0.1) is 0 Å². The molecule has 2 aliphatic heterocycles. The number of carbonyl (C=O) groups is 1. The highest BCUT2D eigenvalue weighted by molar-refractivity contribution is 5.74. The number of aliphatic hydroxyl groups is 1. The minimum Gasteiger partial charge on any atom is -0.394 e. The van der Waals surface area contributed by atoms with Crippen molar-refractivity contribution >= 4 is 6.03 Å². The standard InChI is InChI=1S/C16H28N2O4/c19-10-14(7-12-1-4-21-5-2-12)18-15(20)17-9-13-8-16(13)3-6-22-11-16/h12-14,19H,1-11H2,(H2,17,18,20). The van der Waals surface area contributed by atoms with Gasteiger partial charge >= 0.3 is 6.03 Å². The first-order chi connectivity index (χ1) is 10.7. The van der Waals surface area contributed by atoms with Gasteiger partial charge in [-0.1, -0.05) is 0 Å². The van der Waals surface area contributed by atoms with E-state index < -0.39 is 0 Å². The molecule has 1 spiro atoms. The van der Waals surface area contributed by atoms with Gasteiger partial charge in [-0.25, -0.2) is 4.79 Å². The highest BCUT2D eigenvalue weighted by Gasteiger charge is 2.55. The number of carbonyl (C=O) groups excluding carboxylic acids is 1. The summed E-state index contributed by atoms with van der Waals surface area (Å²) < 4.78 is 10.8. The van der Waals surface area contributed by atoms with Crippen LogP contribution in [0, 0.1) is 17.3 Å². The zero-order valence-corrected chi connectivity index (χ0v) is 13.2. The molecule has 0 aromatic heterocycles. The highest BCUT2D eigenvalue weighted by atomic mass is 16.5. The fraction of sp³-hybridized carbons (Fsp3) is 0.938. The third-order valence-corrected chi connectivity index (χ3v) is 5.52. The average molecular weight is 312 g/mol. The van der Waals surface area contributed by atoms with Gasteiger partial charge in [0.2, 0.25) is 0 Å². The molecule has 3 aliphatic rings. The molecule has 1 saturated carbocycles. The number of hydrogen-bond donors (Lipinski definition) is 3. The van der Waals surface area contributed by atoms with Gasteiger partial charge in [0.05, 0.1) is 19.3 Å². The second kappa shape index (κ2) is 7.15. The van der Waals surface area contributed by atoms with E-state index in [1.165, 1.54) is 6.42 Å². The van der Waals surface area contributed by atoms with Gasteiger partial charge in [0.15, 0.2) is 0 Å². The predicted octanol–water partition coefficient (Wildman–Crippen LogP) is 0.890. The Balaban J connectivity index is 1.34. The second-order valence-corrected chi connectivity index (χ2v) is 7.09. The Hall–Kier alpha value is -0.850. The molecule has 3 atom stereocenters. The van der Waals surface area contributed by atoms with Crippen LogP contribution in [0.5, 0.6) is 0 Å². The molecule has 22 heavy (non-hydrogen) atoms. The molecule has 2 saturated heterocycles. The van der Waals surface area contributed by atoms with Crippen LogP contribution in [0.15, 0.2) is 0 Å². The maximum atomic E-state index is 12.0. The first-order valence-corrected chi connectivity index (χ1v) is 8.52. The zero-order chi connectivity index (χ0) is 15.4. The molecule has 2 heterocycles. The molecule has 0 radical (unpaired) electrons. The molecule has 0 aromatic rings. The highest BCUT2D eigenvalue weighted by Crippen LogP contribution is 2.57. The molecule has 0 bridgehead atoms. The summed E-state index contributed by atoms with van der Waals surface area (Å²) >= 11 is 0. The molecular weight excluding hydrogens is 284 g/mol. The van der Waals surface area contributed by atoms with Crippen LogP contribution in [-0.4, -0.2) is 56.8 Å². The van der Waals surface area contributed by atoms with E-state index in [2.05, 4.69) is 10.6 Å². The lowest BCUT2D eigenvalue weighted by Crippen LogP contribution is -2.45. The predicted molar refractivity (Wildman–Crippen MR) is 81.5 cm³/mol. The monoisotopic (exact) mass is 312 g/mol. The number of hydrogen-bond acceptors (Lipinski definition) is 4. The topological polar surface area (TPSA) is 79.8 Å². The minimum absolute atomic E-state index is 0.00795. The van der Waals surface area contributed by atoms with Crippen molar-refractivity contribution in [3.63, 3.8) is 0 Å². The lowest BCUT2D eigenvalue weighted by Gasteiger charge is -2.26. The van der Waals surface area contributed by atoms with Crippen LogP contribution < -0.4 is 10.6 Å². The van der Waals surface area contributed by atoms with E-state index in [4.69, 9.17) is 9.47 Å². The van der Waals surface area contributed by atoms with Crippen LogP contribution in [0.2, 0.25) is 0 Å².